The van der Waals surface area contributed by atoms with Crippen molar-refractivity contribution in [3.05, 3.63) is 70.8 Å². The fraction of sp³-hybridized carbons (Fsp3) is 0.455. The van der Waals surface area contributed by atoms with E-state index in [2.05, 4.69) is 81.1 Å². The highest BCUT2D eigenvalue weighted by atomic mass is 15.1. The van der Waals surface area contributed by atoms with Crippen LogP contribution >= 0.6 is 0 Å². The van der Waals surface area contributed by atoms with E-state index >= 15 is 0 Å². The Labute approximate surface area is 147 Å². The lowest BCUT2D eigenvalue weighted by Crippen LogP contribution is -2.25. The fourth-order valence-corrected chi connectivity index (χ4v) is 2.97. The number of benzene rings is 2. The van der Waals surface area contributed by atoms with Gasteiger partial charge >= 0.3 is 0 Å². The van der Waals surface area contributed by atoms with E-state index in [1.807, 2.05) is 0 Å². The SMILES string of the molecule is Cc1cccc(CN(CCCN)Cc2ccc(C(C)(C)C)cc2)c1. The highest BCUT2D eigenvalue weighted by Crippen LogP contribution is 2.22. The number of hydrogen-bond donors (Lipinski definition) is 1. The van der Waals surface area contributed by atoms with Crippen LogP contribution in [0, 0.1) is 6.92 Å². The molecule has 0 unspecified atom stereocenters. The van der Waals surface area contributed by atoms with Crippen LogP contribution in [0.4, 0.5) is 0 Å². The van der Waals surface area contributed by atoms with Gasteiger partial charge in [-0.3, -0.25) is 4.90 Å². The van der Waals surface area contributed by atoms with Crippen molar-refractivity contribution < 1.29 is 0 Å². The van der Waals surface area contributed by atoms with Crippen LogP contribution in [-0.2, 0) is 18.5 Å². The van der Waals surface area contributed by atoms with E-state index in [-0.39, 0.29) is 5.41 Å². The molecule has 0 aliphatic heterocycles. The van der Waals surface area contributed by atoms with E-state index in [0.717, 1.165) is 32.6 Å². The highest BCUT2D eigenvalue weighted by molar-refractivity contribution is 5.28. The van der Waals surface area contributed by atoms with Gasteiger partial charge in [0.15, 0.2) is 0 Å². The lowest BCUT2D eigenvalue weighted by Gasteiger charge is -2.24. The highest BCUT2D eigenvalue weighted by Gasteiger charge is 2.13. The molecule has 2 aromatic rings. The summed E-state index contributed by atoms with van der Waals surface area (Å²) in [5, 5.41) is 0. The molecule has 2 rings (SSSR count). The van der Waals surface area contributed by atoms with Crippen LogP contribution in [0.3, 0.4) is 0 Å². The molecule has 0 saturated heterocycles. The summed E-state index contributed by atoms with van der Waals surface area (Å²) in [5.74, 6) is 0. The summed E-state index contributed by atoms with van der Waals surface area (Å²) in [6.07, 6.45) is 1.03. The van der Waals surface area contributed by atoms with Gasteiger partial charge in [0.1, 0.15) is 0 Å². The van der Waals surface area contributed by atoms with E-state index in [4.69, 9.17) is 5.73 Å². The molecule has 0 saturated carbocycles. The van der Waals surface area contributed by atoms with Gasteiger partial charge in [0.05, 0.1) is 0 Å². The summed E-state index contributed by atoms with van der Waals surface area (Å²) in [7, 11) is 0. The first-order valence-electron chi connectivity index (χ1n) is 8.96. The van der Waals surface area contributed by atoms with Crippen molar-refractivity contribution in [2.45, 2.75) is 52.6 Å². The minimum atomic E-state index is 0.208. The summed E-state index contributed by atoms with van der Waals surface area (Å²) in [6, 6.07) is 17.9. The second-order valence-electron chi connectivity index (χ2n) is 7.79. The smallest absolute Gasteiger partial charge is 0.0237 e. The first-order valence-corrected chi connectivity index (χ1v) is 8.96. The molecule has 0 aliphatic rings. The number of nitrogens with zero attached hydrogens (tertiary/aromatic N) is 1. The average molecular weight is 325 g/mol. The molecule has 2 nitrogen and oxygen atoms in total. The first-order chi connectivity index (χ1) is 11.4. The van der Waals surface area contributed by atoms with Crippen molar-refractivity contribution in [1.82, 2.24) is 4.90 Å². The number of rotatable bonds is 7. The van der Waals surface area contributed by atoms with E-state index in [9.17, 15) is 0 Å². The molecule has 0 amide bonds. The van der Waals surface area contributed by atoms with Gasteiger partial charge in [-0.05, 0) is 42.0 Å². The van der Waals surface area contributed by atoms with Crippen molar-refractivity contribution in [3.8, 4) is 0 Å². The Morgan fingerprint density at radius 2 is 1.58 bits per heavy atom. The van der Waals surface area contributed by atoms with Gasteiger partial charge in [-0.1, -0.05) is 74.9 Å². The van der Waals surface area contributed by atoms with Crippen LogP contribution in [0.1, 0.15) is 49.4 Å². The molecule has 2 heteroatoms. The van der Waals surface area contributed by atoms with Crippen LogP contribution in [0.2, 0.25) is 0 Å². The van der Waals surface area contributed by atoms with Gasteiger partial charge in [-0.2, -0.15) is 0 Å². The Morgan fingerprint density at radius 3 is 2.17 bits per heavy atom. The van der Waals surface area contributed by atoms with Crippen molar-refractivity contribution in [2.24, 2.45) is 5.73 Å². The van der Waals surface area contributed by atoms with E-state index in [1.54, 1.807) is 0 Å². The largest absolute Gasteiger partial charge is 0.330 e. The molecular weight excluding hydrogens is 292 g/mol. The van der Waals surface area contributed by atoms with Crippen LogP contribution in [0.25, 0.3) is 0 Å². The van der Waals surface area contributed by atoms with Gasteiger partial charge in [0, 0.05) is 19.6 Å². The minimum absolute atomic E-state index is 0.208. The maximum absolute atomic E-state index is 5.73. The molecule has 0 spiro atoms. The van der Waals surface area contributed by atoms with Crippen molar-refractivity contribution >= 4 is 0 Å². The Balaban J connectivity index is 2.07. The van der Waals surface area contributed by atoms with Crippen molar-refractivity contribution in [2.75, 3.05) is 13.1 Å². The number of aryl methyl sites for hydroxylation is 1. The van der Waals surface area contributed by atoms with Gasteiger partial charge in [-0.25, -0.2) is 0 Å². The second kappa shape index (κ2) is 8.46. The molecular formula is C22H32N2. The van der Waals surface area contributed by atoms with Crippen LogP contribution in [0.15, 0.2) is 48.5 Å². The zero-order valence-corrected chi connectivity index (χ0v) is 15.7. The van der Waals surface area contributed by atoms with Crippen LogP contribution < -0.4 is 5.73 Å². The van der Waals surface area contributed by atoms with E-state index < -0.39 is 0 Å². The summed E-state index contributed by atoms with van der Waals surface area (Å²) in [5.41, 5.74) is 11.4. The van der Waals surface area contributed by atoms with Crippen LogP contribution in [-0.4, -0.2) is 18.0 Å². The van der Waals surface area contributed by atoms with Crippen LogP contribution in [0.5, 0.6) is 0 Å². The predicted molar refractivity (Wildman–Crippen MR) is 104 cm³/mol. The van der Waals surface area contributed by atoms with E-state index in [1.165, 1.54) is 22.3 Å². The second-order valence-corrected chi connectivity index (χ2v) is 7.79. The molecule has 24 heavy (non-hydrogen) atoms. The van der Waals surface area contributed by atoms with E-state index in [0.29, 0.717) is 0 Å². The summed E-state index contributed by atoms with van der Waals surface area (Å²) in [6.45, 7) is 12.6. The van der Waals surface area contributed by atoms with Gasteiger partial charge in [0.2, 0.25) is 0 Å². The predicted octanol–water partition coefficient (Wildman–Crippen LogP) is 4.64. The average Bonchev–Trinajstić information content (AvgIpc) is 2.52. The minimum Gasteiger partial charge on any atom is -0.330 e. The Morgan fingerprint density at radius 1 is 0.917 bits per heavy atom. The molecule has 2 aromatic carbocycles. The molecule has 0 heterocycles. The molecule has 0 radical (unpaired) electrons. The molecule has 0 aromatic heterocycles. The monoisotopic (exact) mass is 324 g/mol. The van der Waals surface area contributed by atoms with Gasteiger partial charge < -0.3 is 5.73 Å². The third kappa shape index (κ3) is 5.77. The third-order valence-corrected chi connectivity index (χ3v) is 4.39. The molecule has 0 fully saturated rings. The Hall–Kier alpha value is -1.64. The lowest BCUT2D eigenvalue weighted by molar-refractivity contribution is 0.255. The maximum atomic E-state index is 5.73. The fourth-order valence-electron chi connectivity index (χ4n) is 2.97. The van der Waals surface area contributed by atoms with Crippen molar-refractivity contribution in [1.29, 1.82) is 0 Å². The molecule has 2 N–H and O–H groups in total. The Kier molecular flexibility index (Phi) is 6.59. The number of hydrogen-bond acceptors (Lipinski definition) is 2. The van der Waals surface area contributed by atoms with Gasteiger partial charge in [-0.15, -0.1) is 0 Å². The van der Waals surface area contributed by atoms with Gasteiger partial charge in [0.25, 0.3) is 0 Å². The zero-order chi connectivity index (χ0) is 17.6. The topological polar surface area (TPSA) is 29.3 Å². The maximum Gasteiger partial charge on any atom is 0.0237 e. The summed E-state index contributed by atoms with van der Waals surface area (Å²) >= 11 is 0. The zero-order valence-electron chi connectivity index (χ0n) is 15.7. The Bertz CT molecular complexity index is 623. The molecule has 130 valence electrons. The lowest BCUT2D eigenvalue weighted by atomic mass is 9.87. The van der Waals surface area contributed by atoms with Crippen molar-refractivity contribution in [3.63, 3.8) is 0 Å². The molecule has 0 aliphatic carbocycles. The summed E-state index contributed by atoms with van der Waals surface area (Å²) in [4.78, 5) is 2.49. The molecule has 0 atom stereocenters. The normalized spacial score (nSPS) is 11.9. The standard InChI is InChI=1S/C22H32N2/c1-18-7-5-8-20(15-18)17-24(14-6-13-23)16-19-9-11-21(12-10-19)22(2,3)4/h5,7-12,15H,6,13-14,16-17,23H2,1-4H3. The summed E-state index contributed by atoms with van der Waals surface area (Å²) < 4.78 is 0. The first kappa shape index (κ1) is 18.7. The molecule has 0 bridgehead atoms. The number of nitrogens with two attached hydrogens (primary N) is 1. The quantitative estimate of drug-likeness (QED) is 0.803. The third-order valence-electron chi connectivity index (χ3n) is 4.39.